The number of pyridine rings is 1. The molecule has 2 unspecified atom stereocenters. The van der Waals surface area contributed by atoms with E-state index in [1.54, 1.807) is 6.20 Å². The van der Waals surface area contributed by atoms with Crippen molar-refractivity contribution in [1.82, 2.24) is 9.88 Å². The van der Waals surface area contributed by atoms with Crippen molar-refractivity contribution in [1.29, 1.82) is 0 Å². The molecule has 2 fully saturated rings. The van der Waals surface area contributed by atoms with Gasteiger partial charge < -0.3 is 14.4 Å². The first-order valence-electron chi connectivity index (χ1n) is 9.81. The Morgan fingerprint density at radius 2 is 1.92 bits per heavy atom. The highest BCUT2D eigenvalue weighted by molar-refractivity contribution is 5.89. The monoisotopic (exact) mass is 361 g/mol. The molecule has 1 aromatic rings. The van der Waals surface area contributed by atoms with Crippen LogP contribution in [0.4, 0.5) is 5.82 Å². The highest BCUT2D eigenvalue weighted by atomic mass is 16.5. The molecular formula is C20H31N3O3. The lowest BCUT2D eigenvalue weighted by Gasteiger charge is -2.39. The first-order valence-corrected chi connectivity index (χ1v) is 9.81. The molecule has 2 atom stereocenters. The van der Waals surface area contributed by atoms with Crippen molar-refractivity contribution < 1.29 is 14.3 Å². The fourth-order valence-corrected chi connectivity index (χ4v) is 4.05. The van der Waals surface area contributed by atoms with E-state index in [-0.39, 0.29) is 5.97 Å². The molecule has 2 aliphatic heterocycles. The van der Waals surface area contributed by atoms with Gasteiger partial charge in [-0.05, 0) is 51.7 Å². The maximum Gasteiger partial charge on any atom is 0.339 e. The molecule has 3 heterocycles. The van der Waals surface area contributed by atoms with Gasteiger partial charge in [-0.15, -0.1) is 0 Å². The third-order valence-corrected chi connectivity index (χ3v) is 5.21. The molecule has 6 nitrogen and oxygen atoms in total. The number of ether oxygens (including phenoxy) is 2. The third kappa shape index (κ3) is 4.95. The number of rotatable bonds is 5. The van der Waals surface area contributed by atoms with Crippen molar-refractivity contribution in [2.45, 2.75) is 45.8 Å². The average molecular weight is 361 g/mol. The summed E-state index contributed by atoms with van der Waals surface area (Å²) in [5.74, 6) is 1.38. The van der Waals surface area contributed by atoms with E-state index in [0.29, 0.717) is 24.4 Å². The van der Waals surface area contributed by atoms with E-state index in [0.717, 1.165) is 37.9 Å². The summed E-state index contributed by atoms with van der Waals surface area (Å²) in [7, 11) is 0. The van der Waals surface area contributed by atoms with Crippen LogP contribution in [0.25, 0.3) is 0 Å². The molecule has 3 rings (SSSR count). The largest absolute Gasteiger partial charge is 0.462 e. The number of hydrogen-bond acceptors (Lipinski definition) is 6. The standard InChI is InChI=1S/C20H31N3O3/c1-4-25-20(24)18-5-6-19(21-11-18)23-9-7-17(8-10-23)14-22-12-15(2)26-16(3)13-22/h5-6,11,15-17H,4,7-10,12-14H2,1-3H3. The van der Waals surface area contributed by atoms with Gasteiger partial charge in [-0.1, -0.05) is 0 Å². The highest BCUT2D eigenvalue weighted by Gasteiger charge is 2.27. The number of morpholine rings is 1. The van der Waals surface area contributed by atoms with Crippen LogP contribution < -0.4 is 4.90 Å². The topological polar surface area (TPSA) is 54.9 Å². The molecule has 0 aliphatic carbocycles. The van der Waals surface area contributed by atoms with Crippen LogP contribution in [0.2, 0.25) is 0 Å². The zero-order valence-corrected chi connectivity index (χ0v) is 16.2. The second-order valence-electron chi connectivity index (χ2n) is 7.53. The molecular weight excluding hydrogens is 330 g/mol. The SMILES string of the molecule is CCOC(=O)c1ccc(N2CCC(CN3CC(C)OC(C)C3)CC2)nc1. The van der Waals surface area contributed by atoms with Crippen molar-refractivity contribution in [3.8, 4) is 0 Å². The minimum absolute atomic E-state index is 0.306. The van der Waals surface area contributed by atoms with Crippen LogP contribution in [0.5, 0.6) is 0 Å². The normalized spacial score (nSPS) is 25.3. The van der Waals surface area contributed by atoms with Crippen molar-refractivity contribution >= 4 is 11.8 Å². The summed E-state index contributed by atoms with van der Waals surface area (Å²) >= 11 is 0. The number of carbonyl (C=O) groups is 1. The van der Waals surface area contributed by atoms with Gasteiger partial charge in [0.1, 0.15) is 5.82 Å². The van der Waals surface area contributed by atoms with E-state index < -0.39 is 0 Å². The maximum absolute atomic E-state index is 11.7. The molecule has 0 aromatic carbocycles. The molecule has 144 valence electrons. The quantitative estimate of drug-likeness (QED) is 0.752. The fraction of sp³-hybridized carbons (Fsp3) is 0.700. The summed E-state index contributed by atoms with van der Waals surface area (Å²) in [5.41, 5.74) is 0.515. The van der Waals surface area contributed by atoms with Gasteiger partial charge >= 0.3 is 5.97 Å². The number of aromatic nitrogens is 1. The molecule has 0 amide bonds. The molecule has 26 heavy (non-hydrogen) atoms. The second kappa shape index (κ2) is 8.82. The van der Waals surface area contributed by atoms with Gasteiger partial charge in [0.25, 0.3) is 0 Å². The number of anilines is 1. The first-order chi connectivity index (χ1) is 12.5. The Morgan fingerprint density at radius 1 is 1.23 bits per heavy atom. The predicted molar refractivity (Wildman–Crippen MR) is 102 cm³/mol. The summed E-state index contributed by atoms with van der Waals surface area (Å²) < 4.78 is 10.8. The van der Waals surface area contributed by atoms with Gasteiger partial charge in [-0.25, -0.2) is 9.78 Å². The Hall–Kier alpha value is -1.66. The van der Waals surface area contributed by atoms with E-state index in [1.807, 2.05) is 19.1 Å². The van der Waals surface area contributed by atoms with E-state index in [1.165, 1.54) is 19.4 Å². The average Bonchev–Trinajstić information content (AvgIpc) is 2.62. The van der Waals surface area contributed by atoms with Crippen LogP contribution in [-0.2, 0) is 9.47 Å². The van der Waals surface area contributed by atoms with Crippen LogP contribution in [0, 0.1) is 5.92 Å². The lowest BCUT2D eigenvalue weighted by Crippen LogP contribution is -2.48. The Bertz CT molecular complexity index is 574. The van der Waals surface area contributed by atoms with Gasteiger partial charge in [-0.3, -0.25) is 4.90 Å². The summed E-state index contributed by atoms with van der Waals surface area (Å²) in [5, 5.41) is 0. The summed E-state index contributed by atoms with van der Waals surface area (Å²) in [6, 6.07) is 3.74. The van der Waals surface area contributed by atoms with Crippen LogP contribution in [0.3, 0.4) is 0 Å². The number of carbonyl (C=O) groups excluding carboxylic acids is 1. The van der Waals surface area contributed by atoms with E-state index in [4.69, 9.17) is 9.47 Å². The molecule has 2 aliphatic rings. The smallest absolute Gasteiger partial charge is 0.339 e. The Balaban J connectivity index is 1.48. The van der Waals surface area contributed by atoms with Gasteiger partial charge in [-0.2, -0.15) is 0 Å². The Morgan fingerprint density at radius 3 is 2.50 bits per heavy atom. The molecule has 0 N–H and O–H groups in total. The summed E-state index contributed by atoms with van der Waals surface area (Å²) in [6.45, 7) is 11.8. The van der Waals surface area contributed by atoms with Crippen LogP contribution in [0.15, 0.2) is 18.3 Å². The second-order valence-corrected chi connectivity index (χ2v) is 7.53. The van der Waals surface area contributed by atoms with Crippen LogP contribution >= 0.6 is 0 Å². The minimum atomic E-state index is -0.306. The van der Waals surface area contributed by atoms with Crippen molar-refractivity contribution in [2.24, 2.45) is 5.92 Å². The fourth-order valence-electron chi connectivity index (χ4n) is 4.05. The molecule has 0 radical (unpaired) electrons. The summed E-state index contributed by atoms with van der Waals surface area (Å²) in [6.07, 6.45) is 4.65. The van der Waals surface area contributed by atoms with Gasteiger partial charge in [0.15, 0.2) is 0 Å². The van der Waals surface area contributed by atoms with Crippen LogP contribution in [-0.4, -0.2) is 67.4 Å². The zero-order valence-electron chi connectivity index (χ0n) is 16.2. The zero-order chi connectivity index (χ0) is 18.5. The molecule has 0 spiro atoms. The predicted octanol–water partition coefficient (Wildman–Crippen LogP) is 2.58. The number of nitrogens with zero attached hydrogens (tertiary/aromatic N) is 3. The van der Waals surface area contributed by atoms with Gasteiger partial charge in [0.05, 0.1) is 24.4 Å². The first kappa shape index (κ1) is 19.1. The minimum Gasteiger partial charge on any atom is -0.462 e. The van der Waals surface area contributed by atoms with Crippen molar-refractivity contribution in [2.75, 3.05) is 44.2 Å². The third-order valence-electron chi connectivity index (χ3n) is 5.21. The number of esters is 1. The number of piperidine rings is 1. The molecule has 2 saturated heterocycles. The van der Waals surface area contributed by atoms with Crippen molar-refractivity contribution in [3.63, 3.8) is 0 Å². The van der Waals surface area contributed by atoms with Gasteiger partial charge in [0.2, 0.25) is 0 Å². The molecule has 6 heteroatoms. The van der Waals surface area contributed by atoms with Crippen molar-refractivity contribution in [3.05, 3.63) is 23.9 Å². The van der Waals surface area contributed by atoms with E-state index in [2.05, 4.69) is 28.6 Å². The van der Waals surface area contributed by atoms with Gasteiger partial charge in [0, 0.05) is 38.9 Å². The molecule has 1 aromatic heterocycles. The maximum atomic E-state index is 11.7. The van der Waals surface area contributed by atoms with E-state index >= 15 is 0 Å². The summed E-state index contributed by atoms with van der Waals surface area (Å²) in [4.78, 5) is 21.1. The lowest BCUT2D eigenvalue weighted by molar-refractivity contribution is -0.0720. The van der Waals surface area contributed by atoms with Crippen LogP contribution in [0.1, 0.15) is 44.0 Å². The highest BCUT2D eigenvalue weighted by Crippen LogP contribution is 2.24. The van der Waals surface area contributed by atoms with E-state index in [9.17, 15) is 4.79 Å². The molecule has 0 bridgehead atoms. The molecule has 0 saturated carbocycles. The Labute approximate surface area is 156 Å². The lowest BCUT2D eigenvalue weighted by atomic mass is 9.95. The Kier molecular flexibility index (Phi) is 6.48. The number of hydrogen-bond donors (Lipinski definition) is 0.